The molecule has 0 spiro atoms. The first-order valence-electron chi connectivity index (χ1n) is 13.7. The van der Waals surface area contributed by atoms with Gasteiger partial charge in [-0.15, -0.1) is 0 Å². The normalized spacial score (nSPS) is 14.1. The van der Waals surface area contributed by atoms with Crippen molar-refractivity contribution in [3.05, 3.63) is 126 Å². The molecule has 1 nitrogen and oxygen atoms in total. The third-order valence-corrected chi connectivity index (χ3v) is 9.21. The van der Waals surface area contributed by atoms with Crippen molar-refractivity contribution in [2.45, 2.75) is 19.3 Å². The van der Waals surface area contributed by atoms with Gasteiger partial charge in [-0.1, -0.05) is 111 Å². The highest BCUT2D eigenvalue weighted by atomic mass is 14.7. The van der Waals surface area contributed by atoms with Crippen molar-refractivity contribution in [1.82, 2.24) is 4.98 Å². The molecule has 0 radical (unpaired) electrons. The van der Waals surface area contributed by atoms with Crippen molar-refractivity contribution in [3.8, 4) is 44.8 Å². The number of aromatic nitrogens is 1. The maximum atomic E-state index is 5.38. The first kappa shape index (κ1) is 21.2. The minimum atomic E-state index is -0.0455. The largest absolute Gasteiger partial charge is 0.247 e. The van der Waals surface area contributed by atoms with Gasteiger partial charge in [-0.2, -0.15) is 0 Å². The van der Waals surface area contributed by atoms with E-state index in [0.29, 0.717) is 0 Å². The van der Waals surface area contributed by atoms with E-state index in [0.717, 1.165) is 11.4 Å². The minimum absolute atomic E-state index is 0.0455. The molecular formula is C38H25N. The van der Waals surface area contributed by atoms with Gasteiger partial charge in [-0.05, 0) is 83.9 Å². The number of benzene rings is 6. The summed E-state index contributed by atoms with van der Waals surface area (Å²) in [5.74, 6) is 0. The van der Waals surface area contributed by atoms with Gasteiger partial charge in [0.05, 0.1) is 11.4 Å². The van der Waals surface area contributed by atoms with Crippen molar-refractivity contribution >= 4 is 32.3 Å². The molecule has 0 bridgehead atoms. The van der Waals surface area contributed by atoms with E-state index in [9.17, 15) is 0 Å². The molecule has 0 saturated carbocycles. The van der Waals surface area contributed by atoms with Gasteiger partial charge in [0.25, 0.3) is 0 Å². The van der Waals surface area contributed by atoms with Crippen LogP contribution in [0.25, 0.3) is 77.1 Å². The van der Waals surface area contributed by atoms with E-state index < -0.39 is 0 Å². The monoisotopic (exact) mass is 495 g/mol. The Kier molecular flexibility index (Phi) is 3.92. The maximum Gasteiger partial charge on any atom is 0.0753 e. The molecule has 0 aliphatic heterocycles. The zero-order valence-electron chi connectivity index (χ0n) is 21.9. The molecule has 7 aromatic rings. The fraction of sp³-hybridized carbons (Fsp3) is 0.0789. The second-order valence-electron chi connectivity index (χ2n) is 11.5. The summed E-state index contributed by atoms with van der Waals surface area (Å²) in [6.07, 6.45) is 0. The summed E-state index contributed by atoms with van der Waals surface area (Å²) in [7, 11) is 0. The molecule has 182 valence electrons. The average Bonchev–Trinajstić information content (AvgIpc) is 3.42. The molecular weight excluding hydrogens is 470 g/mol. The van der Waals surface area contributed by atoms with Crippen LogP contribution in [0, 0.1) is 0 Å². The maximum absolute atomic E-state index is 5.38. The van der Waals surface area contributed by atoms with Gasteiger partial charge in [-0.25, -0.2) is 4.98 Å². The van der Waals surface area contributed by atoms with Gasteiger partial charge in [0.2, 0.25) is 0 Å². The molecule has 0 N–H and O–H groups in total. The quantitative estimate of drug-likeness (QED) is 0.206. The summed E-state index contributed by atoms with van der Waals surface area (Å²) < 4.78 is 0. The third-order valence-electron chi connectivity index (χ3n) is 9.21. The first-order chi connectivity index (χ1) is 19.1. The molecule has 2 aliphatic carbocycles. The number of hydrogen-bond donors (Lipinski definition) is 0. The van der Waals surface area contributed by atoms with E-state index in [1.54, 1.807) is 0 Å². The van der Waals surface area contributed by atoms with E-state index in [4.69, 9.17) is 4.98 Å². The average molecular weight is 496 g/mol. The number of rotatable bonds is 1. The fourth-order valence-electron chi connectivity index (χ4n) is 7.36. The Morgan fingerprint density at radius 1 is 0.436 bits per heavy atom. The summed E-state index contributed by atoms with van der Waals surface area (Å²) in [6.45, 7) is 4.62. The van der Waals surface area contributed by atoms with Crippen molar-refractivity contribution in [1.29, 1.82) is 0 Å². The van der Waals surface area contributed by atoms with Gasteiger partial charge in [0.15, 0.2) is 0 Å². The van der Waals surface area contributed by atoms with Crippen LogP contribution in [0.1, 0.15) is 25.0 Å². The van der Waals surface area contributed by atoms with Crippen LogP contribution < -0.4 is 0 Å². The van der Waals surface area contributed by atoms with Crippen molar-refractivity contribution < 1.29 is 0 Å². The SMILES string of the molecule is CC1(C)c2ccccc2-c2nc(-c3cc4c5cccc6c5c(cc4c4ccccc34)-c3ccccc3-6)ccc21. The highest BCUT2D eigenvalue weighted by Crippen LogP contribution is 2.52. The van der Waals surface area contributed by atoms with Crippen LogP contribution in [0.2, 0.25) is 0 Å². The molecule has 0 unspecified atom stereocenters. The fourth-order valence-corrected chi connectivity index (χ4v) is 7.36. The summed E-state index contributed by atoms with van der Waals surface area (Å²) >= 11 is 0. The topological polar surface area (TPSA) is 12.9 Å². The number of nitrogens with zero attached hydrogens (tertiary/aromatic N) is 1. The van der Waals surface area contributed by atoms with E-state index in [-0.39, 0.29) is 5.41 Å². The highest BCUT2D eigenvalue weighted by molar-refractivity contribution is 6.28. The molecule has 0 saturated heterocycles. The Morgan fingerprint density at radius 3 is 1.90 bits per heavy atom. The molecule has 2 aliphatic rings. The van der Waals surface area contributed by atoms with E-state index in [2.05, 4.69) is 129 Å². The molecule has 1 heterocycles. The standard InChI is InChI=1S/C38H25N/c1-38(2)33-17-8-7-14-28(33)37-34(38)18-19-35(39-37)31-20-30-27-16-9-15-26-22-10-3-6-13-25(22)32(36(26)27)21-29(30)23-11-4-5-12-24(23)31/h3-21H,1-2H3. The lowest BCUT2D eigenvalue weighted by molar-refractivity contribution is 0.659. The van der Waals surface area contributed by atoms with Crippen molar-refractivity contribution in [2.75, 3.05) is 0 Å². The second-order valence-corrected chi connectivity index (χ2v) is 11.5. The zero-order chi connectivity index (χ0) is 25.9. The predicted octanol–water partition coefficient (Wildman–Crippen LogP) is 10.2. The summed E-state index contributed by atoms with van der Waals surface area (Å²) in [5, 5.41) is 7.80. The van der Waals surface area contributed by atoms with Crippen LogP contribution in [0.15, 0.2) is 115 Å². The molecule has 9 rings (SSSR count). The van der Waals surface area contributed by atoms with Gasteiger partial charge in [-0.3, -0.25) is 0 Å². The minimum Gasteiger partial charge on any atom is -0.247 e. The van der Waals surface area contributed by atoms with Crippen LogP contribution in [0.4, 0.5) is 0 Å². The lowest BCUT2D eigenvalue weighted by atomic mass is 9.82. The smallest absolute Gasteiger partial charge is 0.0753 e. The Hall–Kier alpha value is -4.75. The highest BCUT2D eigenvalue weighted by Gasteiger charge is 2.36. The Labute approximate surface area is 227 Å². The van der Waals surface area contributed by atoms with E-state index >= 15 is 0 Å². The lowest BCUT2D eigenvalue weighted by Crippen LogP contribution is -2.14. The van der Waals surface area contributed by atoms with Crippen molar-refractivity contribution in [2.24, 2.45) is 0 Å². The van der Waals surface area contributed by atoms with Crippen molar-refractivity contribution in [3.63, 3.8) is 0 Å². The Bertz CT molecular complexity index is 2200. The van der Waals surface area contributed by atoms with Crippen LogP contribution in [-0.4, -0.2) is 4.98 Å². The molecule has 0 amide bonds. The van der Waals surface area contributed by atoms with Crippen LogP contribution in [0.5, 0.6) is 0 Å². The molecule has 1 aromatic heterocycles. The van der Waals surface area contributed by atoms with E-state index in [1.165, 1.54) is 76.8 Å². The third kappa shape index (κ3) is 2.62. The summed E-state index contributed by atoms with van der Waals surface area (Å²) in [4.78, 5) is 5.38. The second kappa shape index (κ2) is 7.21. The van der Waals surface area contributed by atoms with Gasteiger partial charge >= 0.3 is 0 Å². The first-order valence-corrected chi connectivity index (χ1v) is 13.7. The molecule has 6 aromatic carbocycles. The van der Waals surface area contributed by atoms with Crippen LogP contribution in [0.3, 0.4) is 0 Å². The number of fused-ring (bicyclic) bond motifs is 10. The predicted molar refractivity (Wildman–Crippen MR) is 164 cm³/mol. The molecule has 39 heavy (non-hydrogen) atoms. The lowest BCUT2D eigenvalue weighted by Gasteiger charge is -2.21. The van der Waals surface area contributed by atoms with Gasteiger partial charge in [0.1, 0.15) is 0 Å². The number of hydrogen-bond acceptors (Lipinski definition) is 1. The van der Waals surface area contributed by atoms with Crippen LogP contribution in [-0.2, 0) is 5.41 Å². The van der Waals surface area contributed by atoms with Crippen LogP contribution >= 0.6 is 0 Å². The Balaban J connectivity index is 1.39. The zero-order valence-corrected chi connectivity index (χ0v) is 21.9. The number of pyridine rings is 1. The molecule has 1 heteroatoms. The van der Waals surface area contributed by atoms with Gasteiger partial charge < -0.3 is 0 Å². The van der Waals surface area contributed by atoms with E-state index in [1.807, 2.05) is 0 Å². The molecule has 0 atom stereocenters. The summed E-state index contributed by atoms with van der Waals surface area (Å²) in [6, 6.07) is 42.5. The Morgan fingerprint density at radius 2 is 1.05 bits per heavy atom. The van der Waals surface area contributed by atoms with Gasteiger partial charge in [0, 0.05) is 16.5 Å². The summed E-state index contributed by atoms with van der Waals surface area (Å²) in [5.41, 5.74) is 12.6. The molecule has 0 fully saturated rings.